The van der Waals surface area contributed by atoms with Crippen LogP contribution in [0.5, 0.6) is 0 Å². The number of nitrogens with zero attached hydrogens (tertiary/aromatic N) is 2. The van der Waals surface area contributed by atoms with Crippen LogP contribution in [0.2, 0.25) is 0 Å². The normalized spacial score (nSPS) is 10.8. The average molecular weight is 272 g/mol. The molecular weight excluding hydrogens is 252 g/mol. The molecule has 1 N–H and O–H groups in total. The molecule has 0 unspecified atom stereocenters. The van der Waals surface area contributed by atoms with E-state index in [9.17, 15) is 4.79 Å². The Hall–Kier alpha value is -2.10. The lowest BCUT2D eigenvalue weighted by molar-refractivity contribution is 0.0689. The highest BCUT2D eigenvalue weighted by atomic mass is 16.4. The fourth-order valence-corrected chi connectivity index (χ4v) is 2.59. The van der Waals surface area contributed by atoms with Crippen LogP contribution in [0, 0.1) is 20.8 Å². The molecule has 0 radical (unpaired) electrons. The van der Waals surface area contributed by atoms with Crippen molar-refractivity contribution in [2.75, 3.05) is 0 Å². The third kappa shape index (κ3) is 2.74. The molecule has 2 rings (SSSR count). The zero-order valence-electron chi connectivity index (χ0n) is 12.4. The first-order valence-electron chi connectivity index (χ1n) is 6.79. The van der Waals surface area contributed by atoms with Gasteiger partial charge in [0.05, 0.1) is 6.54 Å². The van der Waals surface area contributed by atoms with E-state index in [0.717, 1.165) is 12.1 Å². The number of benzene rings is 1. The van der Waals surface area contributed by atoms with E-state index in [1.54, 1.807) is 10.7 Å². The second-order valence-electron chi connectivity index (χ2n) is 5.21. The van der Waals surface area contributed by atoms with Crippen LogP contribution in [0.25, 0.3) is 0 Å². The van der Waals surface area contributed by atoms with Gasteiger partial charge in [0.25, 0.3) is 0 Å². The number of aromatic carboxylic acids is 1. The highest BCUT2D eigenvalue weighted by Gasteiger charge is 2.14. The van der Waals surface area contributed by atoms with Gasteiger partial charge < -0.3 is 5.11 Å². The van der Waals surface area contributed by atoms with Crippen LogP contribution in [0.15, 0.2) is 18.2 Å². The molecule has 106 valence electrons. The van der Waals surface area contributed by atoms with Crippen molar-refractivity contribution in [3.05, 3.63) is 51.8 Å². The summed E-state index contributed by atoms with van der Waals surface area (Å²) in [6.45, 7) is 8.88. The van der Waals surface area contributed by atoms with E-state index in [1.165, 1.54) is 22.3 Å². The number of rotatable bonds is 4. The maximum Gasteiger partial charge on any atom is 0.356 e. The maximum absolute atomic E-state index is 11.0. The summed E-state index contributed by atoms with van der Waals surface area (Å²) in [6.07, 6.45) is 0.768. The Labute approximate surface area is 119 Å². The van der Waals surface area contributed by atoms with E-state index in [-0.39, 0.29) is 5.69 Å². The molecule has 0 fully saturated rings. The number of hydrogen-bond acceptors (Lipinski definition) is 2. The minimum absolute atomic E-state index is 0.115. The van der Waals surface area contributed by atoms with Gasteiger partial charge in [-0.05, 0) is 49.9 Å². The van der Waals surface area contributed by atoms with Crippen LogP contribution < -0.4 is 0 Å². The molecule has 20 heavy (non-hydrogen) atoms. The Morgan fingerprint density at radius 2 is 1.80 bits per heavy atom. The van der Waals surface area contributed by atoms with Crippen molar-refractivity contribution in [3.8, 4) is 0 Å². The van der Waals surface area contributed by atoms with Crippen molar-refractivity contribution < 1.29 is 9.90 Å². The molecule has 1 aromatic heterocycles. The SMILES string of the molecule is CCc1cc(C(=O)O)nn1Cc1c(C)cc(C)cc1C. The second kappa shape index (κ2) is 5.49. The first-order chi connectivity index (χ1) is 9.42. The number of aromatic nitrogens is 2. The molecule has 0 bridgehead atoms. The zero-order valence-corrected chi connectivity index (χ0v) is 12.4. The molecular formula is C16H20N2O2. The number of carbonyl (C=O) groups is 1. The van der Waals surface area contributed by atoms with Crippen LogP contribution in [-0.2, 0) is 13.0 Å². The van der Waals surface area contributed by atoms with E-state index in [2.05, 4.69) is 38.0 Å². The molecule has 0 spiro atoms. The van der Waals surface area contributed by atoms with Crippen LogP contribution in [0.3, 0.4) is 0 Å². The summed E-state index contributed by atoms with van der Waals surface area (Å²) in [5, 5.41) is 13.3. The minimum atomic E-state index is -0.976. The van der Waals surface area contributed by atoms with Gasteiger partial charge in [-0.15, -0.1) is 0 Å². The Bertz CT molecular complexity index is 633. The third-order valence-corrected chi connectivity index (χ3v) is 3.59. The van der Waals surface area contributed by atoms with Crippen molar-refractivity contribution >= 4 is 5.97 Å². The predicted molar refractivity (Wildman–Crippen MR) is 78.3 cm³/mol. The minimum Gasteiger partial charge on any atom is -0.476 e. The number of hydrogen-bond donors (Lipinski definition) is 1. The Kier molecular flexibility index (Phi) is 3.93. The van der Waals surface area contributed by atoms with Gasteiger partial charge in [-0.2, -0.15) is 5.10 Å². The molecule has 0 amide bonds. The maximum atomic E-state index is 11.0. The fourth-order valence-electron chi connectivity index (χ4n) is 2.59. The summed E-state index contributed by atoms with van der Waals surface area (Å²) < 4.78 is 1.80. The molecule has 0 atom stereocenters. The Morgan fingerprint density at radius 1 is 1.20 bits per heavy atom. The van der Waals surface area contributed by atoms with E-state index < -0.39 is 5.97 Å². The van der Waals surface area contributed by atoms with E-state index in [0.29, 0.717) is 6.54 Å². The average Bonchev–Trinajstić information content (AvgIpc) is 2.77. The molecule has 1 aromatic carbocycles. The monoisotopic (exact) mass is 272 g/mol. The fraction of sp³-hybridized carbons (Fsp3) is 0.375. The molecule has 0 saturated heterocycles. The van der Waals surface area contributed by atoms with Crippen molar-refractivity contribution in [2.45, 2.75) is 40.7 Å². The second-order valence-corrected chi connectivity index (χ2v) is 5.21. The lowest BCUT2D eigenvalue weighted by Crippen LogP contribution is -2.09. The number of aryl methyl sites for hydroxylation is 4. The quantitative estimate of drug-likeness (QED) is 0.930. The Morgan fingerprint density at radius 3 is 2.30 bits per heavy atom. The van der Waals surface area contributed by atoms with E-state index >= 15 is 0 Å². The van der Waals surface area contributed by atoms with Crippen molar-refractivity contribution in [3.63, 3.8) is 0 Å². The summed E-state index contributed by atoms with van der Waals surface area (Å²) in [5.41, 5.74) is 5.95. The van der Waals surface area contributed by atoms with Crippen molar-refractivity contribution in [1.29, 1.82) is 0 Å². The summed E-state index contributed by atoms with van der Waals surface area (Å²) in [4.78, 5) is 11.0. The molecule has 0 aliphatic rings. The molecule has 1 heterocycles. The number of carboxylic acid groups (broad SMARTS) is 1. The van der Waals surface area contributed by atoms with Gasteiger partial charge in [0.15, 0.2) is 5.69 Å². The highest BCUT2D eigenvalue weighted by molar-refractivity contribution is 5.85. The predicted octanol–water partition coefficient (Wildman–Crippen LogP) is 3.12. The molecule has 0 aliphatic heterocycles. The van der Waals surface area contributed by atoms with Crippen LogP contribution >= 0.6 is 0 Å². The Balaban J connectivity index is 2.42. The molecule has 4 nitrogen and oxygen atoms in total. The standard InChI is InChI=1S/C16H20N2O2/c1-5-13-8-15(16(19)20)17-18(13)9-14-11(3)6-10(2)7-12(14)4/h6-8H,5,9H2,1-4H3,(H,19,20). The summed E-state index contributed by atoms with van der Waals surface area (Å²) >= 11 is 0. The molecule has 2 aromatic rings. The first-order valence-corrected chi connectivity index (χ1v) is 6.79. The topological polar surface area (TPSA) is 55.1 Å². The largest absolute Gasteiger partial charge is 0.476 e. The summed E-state index contributed by atoms with van der Waals surface area (Å²) in [7, 11) is 0. The van der Waals surface area contributed by atoms with Crippen LogP contribution in [0.4, 0.5) is 0 Å². The number of carboxylic acids is 1. The van der Waals surface area contributed by atoms with E-state index in [1.807, 2.05) is 6.92 Å². The van der Waals surface area contributed by atoms with Gasteiger partial charge in [0.1, 0.15) is 0 Å². The van der Waals surface area contributed by atoms with Gasteiger partial charge >= 0.3 is 5.97 Å². The van der Waals surface area contributed by atoms with Crippen LogP contribution in [0.1, 0.15) is 45.4 Å². The van der Waals surface area contributed by atoms with Gasteiger partial charge in [0, 0.05) is 5.69 Å². The summed E-state index contributed by atoms with van der Waals surface area (Å²) in [5.74, 6) is -0.976. The first kappa shape index (κ1) is 14.3. The lowest BCUT2D eigenvalue weighted by atomic mass is 10.00. The lowest BCUT2D eigenvalue weighted by Gasteiger charge is -2.13. The molecule has 0 saturated carbocycles. The van der Waals surface area contributed by atoms with Gasteiger partial charge in [-0.1, -0.05) is 24.6 Å². The smallest absolute Gasteiger partial charge is 0.356 e. The third-order valence-electron chi connectivity index (χ3n) is 3.59. The van der Waals surface area contributed by atoms with E-state index in [4.69, 9.17) is 5.11 Å². The van der Waals surface area contributed by atoms with Crippen LogP contribution in [-0.4, -0.2) is 20.9 Å². The van der Waals surface area contributed by atoms with Gasteiger partial charge in [0.2, 0.25) is 0 Å². The molecule has 4 heteroatoms. The van der Waals surface area contributed by atoms with Crippen molar-refractivity contribution in [1.82, 2.24) is 9.78 Å². The summed E-state index contributed by atoms with van der Waals surface area (Å²) in [6, 6.07) is 5.95. The zero-order chi connectivity index (χ0) is 14.9. The molecule has 0 aliphatic carbocycles. The van der Waals surface area contributed by atoms with Gasteiger partial charge in [-0.25, -0.2) is 4.79 Å². The highest BCUT2D eigenvalue weighted by Crippen LogP contribution is 2.19. The van der Waals surface area contributed by atoms with Crippen molar-refractivity contribution in [2.24, 2.45) is 0 Å². The van der Waals surface area contributed by atoms with Gasteiger partial charge in [-0.3, -0.25) is 4.68 Å².